The average molecular weight is 293 g/mol. The van der Waals surface area contributed by atoms with E-state index in [9.17, 15) is 0 Å². The van der Waals surface area contributed by atoms with Gasteiger partial charge in [0.15, 0.2) is 0 Å². The van der Waals surface area contributed by atoms with Crippen LogP contribution in [0.15, 0.2) is 35.3 Å². The minimum absolute atomic E-state index is 0.617. The molecule has 0 aliphatic heterocycles. The third-order valence-electron chi connectivity index (χ3n) is 2.12. The molecule has 0 spiro atoms. The molecule has 0 aliphatic rings. The molecule has 0 unspecified atom stereocenters. The molecule has 16 heavy (non-hydrogen) atoms. The fourth-order valence-corrected chi connectivity index (χ4v) is 2.49. The van der Waals surface area contributed by atoms with Crippen LogP contribution >= 0.6 is 27.5 Å². The molecule has 0 atom stereocenters. The summed E-state index contributed by atoms with van der Waals surface area (Å²) >= 11 is 4.59. The normalized spacial score (nSPS) is 10.8. The van der Waals surface area contributed by atoms with Gasteiger partial charge in [0.2, 0.25) is 4.73 Å². The summed E-state index contributed by atoms with van der Waals surface area (Å²) in [5, 5.41) is 0.874. The largest absolute Gasteiger partial charge is 0.253 e. The smallest absolute Gasteiger partial charge is 0.209 e. The van der Waals surface area contributed by atoms with Crippen LogP contribution in [-0.2, 0) is 0 Å². The molecule has 0 radical (unpaired) electrons. The van der Waals surface area contributed by atoms with E-state index in [2.05, 4.69) is 35.3 Å². The van der Waals surface area contributed by atoms with Crippen molar-refractivity contribution in [2.45, 2.75) is 0 Å². The Morgan fingerprint density at radius 1 is 1.06 bits per heavy atom. The minimum Gasteiger partial charge on any atom is -0.253 e. The summed E-state index contributed by atoms with van der Waals surface area (Å²) < 4.78 is 4.70. The van der Waals surface area contributed by atoms with E-state index in [0.717, 1.165) is 21.6 Å². The number of fused-ring (bicyclic) bond motifs is 1. The maximum absolute atomic E-state index is 4.26. The first-order valence-electron chi connectivity index (χ1n) is 4.53. The van der Waals surface area contributed by atoms with Gasteiger partial charge in [0, 0.05) is 18.0 Å². The molecule has 6 heteroatoms. The third-order valence-corrected chi connectivity index (χ3v) is 3.47. The summed E-state index contributed by atoms with van der Waals surface area (Å²) in [6, 6.07) is 5.88. The molecular weight excluding hydrogens is 288 g/mol. The molecule has 0 amide bonds. The molecule has 0 bridgehead atoms. The molecule has 0 aliphatic carbocycles. The second-order valence-electron chi connectivity index (χ2n) is 3.13. The van der Waals surface area contributed by atoms with Crippen LogP contribution in [0.1, 0.15) is 0 Å². The molecule has 2 heterocycles. The van der Waals surface area contributed by atoms with Gasteiger partial charge in [-0.15, -0.1) is 0 Å². The van der Waals surface area contributed by atoms with Gasteiger partial charge in [0.1, 0.15) is 5.01 Å². The van der Waals surface area contributed by atoms with Crippen LogP contribution in [0.4, 0.5) is 0 Å². The number of halogens is 1. The summed E-state index contributed by atoms with van der Waals surface area (Å²) in [6.45, 7) is 0. The molecular formula is C10H5BrN4S. The Kier molecular flexibility index (Phi) is 2.37. The van der Waals surface area contributed by atoms with Crippen LogP contribution in [0.5, 0.6) is 0 Å². The van der Waals surface area contributed by atoms with E-state index >= 15 is 0 Å². The van der Waals surface area contributed by atoms with Crippen molar-refractivity contribution < 1.29 is 0 Å². The lowest BCUT2D eigenvalue weighted by Crippen LogP contribution is -1.83. The summed E-state index contributed by atoms with van der Waals surface area (Å²) in [7, 11) is 0. The molecule has 2 aromatic heterocycles. The fraction of sp³-hybridized carbons (Fsp3) is 0. The molecule has 0 N–H and O–H groups in total. The lowest BCUT2D eigenvalue weighted by atomic mass is 10.2. The number of aromatic nitrogens is 4. The van der Waals surface area contributed by atoms with E-state index in [0.29, 0.717) is 4.73 Å². The first-order chi connectivity index (χ1) is 7.83. The maximum Gasteiger partial charge on any atom is 0.209 e. The minimum atomic E-state index is 0.617. The van der Waals surface area contributed by atoms with Crippen LogP contribution in [0.2, 0.25) is 0 Å². The number of benzene rings is 1. The van der Waals surface area contributed by atoms with Crippen molar-refractivity contribution in [2.24, 2.45) is 0 Å². The van der Waals surface area contributed by atoms with E-state index < -0.39 is 0 Å². The van der Waals surface area contributed by atoms with E-state index in [-0.39, 0.29) is 0 Å². The van der Waals surface area contributed by atoms with Gasteiger partial charge in [0.05, 0.1) is 11.0 Å². The highest BCUT2D eigenvalue weighted by Gasteiger charge is 2.05. The topological polar surface area (TPSA) is 51.6 Å². The van der Waals surface area contributed by atoms with Crippen LogP contribution in [-0.4, -0.2) is 19.3 Å². The van der Waals surface area contributed by atoms with E-state index in [1.165, 1.54) is 11.5 Å². The Morgan fingerprint density at radius 2 is 1.88 bits per heavy atom. The van der Waals surface area contributed by atoms with Gasteiger partial charge in [-0.1, -0.05) is 0 Å². The molecule has 3 aromatic rings. The highest BCUT2D eigenvalue weighted by atomic mass is 79.9. The van der Waals surface area contributed by atoms with E-state index in [1.807, 2.05) is 18.2 Å². The van der Waals surface area contributed by atoms with Crippen molar-refractivity contribution in [3.8, 4) is 10.6 Å². The van der Waals surface area contributed by atoms with E-state index in [4.69, 9.17) is 0 Å². The highest BCUT2D eigenvalue weighted by Crippen LogP contribution is 2.25. The van der Waals surface area contributed by atoms with Gasteiger partial charge >= 0.3 is 0 Å². The van der Waals surface area contributed by atoms with Gasteiger partial charge in [-0.2, -0.15) is 4.37 Å². The van der Waals surface area contributed by atoms with Gasteiger partial charge < -0.3 is 0 Å². The Morgan fingerprint density at radius 3 is 2.62 bits per heavy atom. The number of hydrogen-bond acceptors (Lipinski definition) is 5. The van der Waals surface area contributed by atoms with Crippen molar-refractivity contribution in [1.82, 2.24) is 19.3 Å². The zero-order valence-electron chi connectivity index (χ0n) is 7.96. The molecule has 3 rings (SSSR count). The van der Waals surface area contributed by atoms with Crippen molar-refractivity contribution in [2.75, 3.05) is 0 Å². The van der Waals surface area contributed by atoms with Crippen LogP contribution in [0.25, 0.3) is 21.6 Å². The molecule has 78 valence electrons. The molecule has 0 saturated heterocycles. The van der Waals surface area contributed by atoms with Gasteiger partial charge in [-0.25, -0.2) is 4.98 Å². The fourth-order valence-electron chi connectivity index (χ4n) is 1.42. The SMILES string of the molecule is Brc1nsc(-c2ccc3nccnc3c2)n1. The van der Waals surface area contributed by atoms with Crippen LogP contribution in [0.3, 0.4) is 0 Å². The van der Waals surface area contributed by atoms with Crippen LogP contribution in [0, 0.1) is 0 Å². The molecule has 1 aromatic carbocycles. The Hall–Kier alpha value is -1.40. The number of rotatable bonds is 1. The molecule has 0 fully saturated rings. The average Bonchev–Trinajstić information content (AvgIpc) is 2.75. The lowest BCUT2D eigenvalue weighted by molar-refractivity contribution is 1.26. The van der Waals surface area contributed by atoms with Gasteiger partial charge in [-0.3, -0.25) is 9.97 Å². The first-order valence-corrected chi connectivity index (χ1v) is 6.10. The van der Waals surface area contributed by atoms with Crippen molar-refractivity contribution in [3.63, 3.8) is 0 Å². The van der Waals surface area contributed by atoms with Crippen molar-refractivity contribution in [3.05, 3.63) is 35.3 Å². The third kappa shape index (κ3) is 1.70. The first kappa shape index (κ1) is 9.80. The zero-order valence-corrected chi connectivity index (χ0v) is 10.4. The quantitative estimate of drug-likeness (QED) is 0.692. The van der Waals surface area contributed by atoms with Crippen molar-refractivity contribution in [1.29, 1.82) is 0 Å². The Balaban J connectivity index is 2.18. The van der Waals surface area contributed by atoms with Crippen molar-refractivity contribution >= 4 is 38.5 Å². The number of hydrogen-bond donors (Lipinski definition) is 0. The second kappa shape index (κ2) is 3.88. The molecule has 0 saturated carbocycles. The number of nitrogens with zero attached hydrogens (tertiary/aromatic N) is 4. The van der Waals surface area contributed by atoms with Crippen LogP contribution < -0.4 is 0 Å². The summed E-state index contributed by atoms with van der Waals surface area (Å²) in [4.78, 5) is 12.7. The van der Waals surface area contributed by atoms with Gasteiger partial charge in [-0.05, 0) is 45.7 Å². The summed E-state index contributed by atoms with van der Waals surface area (Å²) in [5.41, 5.74) is 2.76. The highest BCUT2D eigenvalue weighted by molar-refractivity contribution is 9.10. The maximum atomic E-state index is 4.26. The lowest BCUT2D eigenvalue weighted by Gasteiger charge is -1.98. The second-order valence-corrected chi connectivity index (χ2v) is 4.59. The van der Waals surface area contributed by atoms with E-state index in [1.54, 1.807) is 12.4 Å². The predicted octanol–water partition coefficient (Wildman–Crippen LogP) is 2.91. The summed E-state index contributed by atoms with van der Waals surface area (Å²) in [6.07, 6.45) is 3.37. The standard InChI is InChI=1S/C10H5BrN4S/c11-10-14-9(16-15-10)6-1-2-7-8(5-6)13-4-3-12-7/h1-5H. The van der Waals surface area contributed by atoms with Gasteiger partial charge in [0.25, 0.3) is 0 Å². The Labute approximate surface area is 104 Å². The monoisotopic (exact) mass is 292 g/mol. The zero-order chi connectivity index (χ0) is 11.0. The predicted molar refractivity (Wildman–Crippen MR) is 66.1 cm³/mol. The molecule has 4 nitrogen and oxygen atoms in total. The Bertz CT molecular complexity index is 652. The summed E-state index contributed by atoms with van der Waals surface area (Å²) in [5.74, 6) is 0.